The third-order valence-corrected chi connectivity index (χ3v) is 5.38. The number of benzene rings is 2. The molecular formula is C22H21ClN2O3S. The monoisotopic (exact) mass is 428 g/mol. The van der Waals surface area contributed by atoms with Gasteiger partial charge in [0, 0.05) is 28.6 Å². The Labute approximate surface area is 178 Å². The van der Waals surface area contributed by atoms with Crippen molar-refractivity contribution in [1.29, 1.82) is 0 Å². The number of amides is 1. The van der Waals surface area contributed by atoms with Crippen LogP contribution in [-0.2, 0) is 16.1 Å². The van der Waals surface area contributed by atoms with Crippen LogP contribution >= 0.6 is 22.9 Å². The summed E-state index contributed by atoms with van der Waals surface area (Å²) >= 11 is 7.33. The van der Waals surface area contributed by atoms with E-state index in [1.165, 1.54) is 11.3 Å². The molecule has 7 heteroatoms. The van der Waals surface area contributed by atoms with Gasteiger partial charge in [-0.05, 0) is 31.5 Å². The Hall–Kier alpha value is -2.70. The van der Waals surface area contributed by atoms with Crippen molar-refractivity contribution >= 4 is 34.8 Å². The average molecular weight is 429 g/mol. The van der Waals surface area contributed by atoms with Crippen molar-refractivity contribution in [3.63, 3.8) is 0 Å². The van der Waals surface area contributed by atoms with Crippen LogP contribution in [0.4, 0.5) is 0 Å². The first-order valence-electron chi connectivity index (χ1n) is 9.16. The van der Waals surface area contributed by atoms with Gasteiger partial charge in [0.1, 0.15) is 5.01 Å². The van der Waals surface area contributed by atoms with E-state index < -0.39 is 5.97 Å². The van der Waals surface area contributed by atoms with E-state index in [0.717, 1.165) is 11.1 Å². The molecule has 0 radical (unpaired) electrons. The summed E-state index contributed by atoms with van der Waals surface area (Å²) < 4.78 is 5.22. The first-order chi connectivity index (χ1) is 13.9. The fourth-order valence-electron chi connectivity index (χ4n) is 2.74. The molecule has 0 saturated heterocycles. The molecule has 5 nitrogen and oxygen atoms in total. The highest BCUT2D eigenvalue weighted by atomic mass is 35.5. The standard InChI is InChI=1S/C22H21ClN2O3S/c1-15(2)25(12-16-7-4-3-5-8-16)20(26)13-28-22(27)19-14-29-21(24-19)17-9-6-10-18(23)11-17/h3-11,14-15H,12-13H2,1-2H3. The molecule has 0 aliphatic heterocycles. The van der Waals surface area contributed by atoms with E-state index in [4.69, 9.17) is 16.3 Å². The zero-order valence-corrected chi connectivity index (χ0v) is 17.7. The first-order valence-corrected chi connectivity index (χ1v) is 10.4. The van der Waals surface area contributed by atoms with Crippen LogP contribution in [0.15, 0.2) is 60.0 Å². The Morgan fingerprint density at radius 3 is 2.59 bits per heavy atom. The number of esters is 1. The molecule has 2 aromatic carbocycles. The molecule has 0 N–H and O–H groups in total. The lowest BCUT2D eigenvalue weighted by atomic mass is 10.2. The molecule has 0 unspecified atom stereocenters. The number of hydrogen-bond donors (Lipinski definition) is 0. The number of nitrogens with zero attached hydrogens (tertiary/aromatic N) is 2. The molecule has 0 bridgehead atoms. The van der Waals surface area contributed by atoms with Crippen molar-refractivity contribution in [3.8, 4) is 10.6 Å². The number of aromatic nitrogens is 1. The summed E-state index contributed by atoms with van der Waals surface area (Å²) in [4.78, 5) is 30.9. The zero-order chi connectivity index (χ0) is 20.8. The van der Waals surface area contributed by atoms with E-state index in [2.05, 4.69) is 4.98 Å². The van der Waals surface area contributed by atoms with Gasteiger partial charge in [0.25, 0.3) is 5.91 Å². The molecule has 1 amide bonds. The van der Waals surface area contributed by atoms with Crippen molar-refractivity contribution in [2.24, 2.45) is 0 Å². The lowest BCUT2D eigenvalue weighted by Gasteiger charge is -2.26. The minimum Gasteiger partial charge on any atom is -0.451 e. The molecule has 0 atom stereocenters. The van der Waals surface area contributed by atoms with Crippen LogP contribution in [0, 0.1) is 0 Å². The van der Waals surface area contributed by atoms with Gasteiger partial charge in [0.2, 0.25) is 0 Å². The van der Waals surface area contributed by atoms with Crippen molar-refractivity contribution in [3.05, 3.63) is 76.3 Å². The predicted octanol–water partition coefficient (Wildman–Crippen LogP) is 5.06. The summed E-state index contributed by atoms with van der Waals surface area (Å²) in [6.07, 6.45) is 0. The van der Waals surface area contributed by atoms with E-state index in [1.54, 1.807) is 22.4 Å². The maximum atomic E-state index is 12.6. The van der Waals surface area contributed by atoms with Gasteiger partial charge in [0.05, 0.1) is 0 Å². The number of carbonyl (C=O) groups is 2. The zero-order valence-electron chi connectivity index (χ0n) is 16.2. The van der Waals surface area contributed by atoms with E-state index in [9.17, 15) is 9.59 Å². The van der Waals surface area contributed by atoms with Crippen LogP contribution < -0.4 is 0 Å². The Kier molecular flexibility index (Phi) is 7.01. The molecule has 0 spiro atoms. The van der Waals surface area contributed by atoms with Gasteiger partial charge >= 0.3 is 5.97 Å². The molecule has 0 aliphatic rings. The fraction of sp³-hybridized carbons (Fsp3) is 0.227. The van der Waals surface area contributed by atoms with Crippen LogP contribution in [0.25, 0.3) is 10.6 Å². The summed E-state index contributed by atoms with van der Waals surface area (Å²) in [5, 5.41) is 2.88. The third-order valence-electron chi connectivity index (χ3n) is 4.25. The minimum atomic E-state index is -0.619. The predicted molar refractivity (Wildman–Crippen MR) is 115 cm³/mol. The second-order valence-corrected chi connectivity index (χ2v) is 8.02. The molecule has 29 heavy (non-hydrogen) atoms. The summed E-state index contributed by atoms with van der Waals surface area (Å²) in [5.74, 6) is -0.867. The molecule has 3 aromatic rings. The normalized spacial score (nSPS) is 10.8. The number of ether oxygens (including phenoxy) is 1. The van der Waals surface area contributed by atoms with Crippen LogP contribution in [0.2, 0.25) is 5.02 Å². The smallest absolute Gasteiger partial charge is 0.358 e. The molecule has 1 heterocycles. The van der Waals surface area contributed by atoms with E-state index in [0.29, 0.717) is 16.6 Å². The van der Waals surface area contributed by atoms with Crippen molar-refractivity contribution in [2.45, 2.75) is 26.4 Å². The summed E-state index contributed by atoms with van der Waals surface area (Å²) in [6, 6.07) is 16.9. The van der Waals surface area contributed by atoms with Gasteiger partial charge < -0.3 is 9.64 Å². The van der Waals surface area contributed by atoms with Crippen LogP contribution in [0.1, 0.15) is 29.9 Å². The molecule has 1 aromatic heterocycles. The van der Waals surface area contributed by atoms with Gasteiger partial charge in [-0.3, -0.25) is 4.79 Å². The minimum absolute atomic E-state index is 0.0184. The average Bonchev–Trinajstić information content (AvgIpc) is 3.21. The van der Waals surface area contributed by atoms with E-state index in [1.807, 2.05) is 56.3 Å². The fourth-order valence-corrected chi connectivity index (χ4v) is 3.72. The molecule has 0 fully saturated rings. The van der Waals surface area contributed by atoms with Crippen LogP contribution in [0.3, 0.4) is 0 Å². The molecule has 3 rings (SSSR count). The molecule has 0 saturated carbocycles. The molecule has 150 valence electrons. The Bertz CT molecular complexity index is 988. The largest absolute Gasteiger partial charge is 0.451 e. The quantitative estimate of drug-likeness (QED) is 0.493. The number of hydrogen-bond acceptors (Lipinski definition) is 5. The second-order valence-electron chi connectivity index (χ2n) is 6.73. The van der Waals surface area contributed by atoms with E-state index in [-0.39, 0.29) is 24.2 Å². The van der Waals surface area contributed by atoms with Crippen LogP contribution in [0.5, 0.6) is 0 Å². The van der Waals surface area contributed by atoms with Gasteiger partial charge in [-0.1, -0.05) is 54.1 Å². The third kappa shape index (κ3) is 5.65. The number of halogens is 1. The highest BCUT2D eigenvalue weighted by Gasteiger charge is 2.20. The van der Waals surface area contributed by atoms with Crippen LogP contribution in [-0.4, -0.2) is 34.4 Å². The highest BCUT2D eigenvalue weighted by molar-refractivity contribution is 7.13. The lowest BCUT2D eigenvalue weighted by Crippen LogP contribution is -2.39. The topological polar surface area (TPSA) is 59.5 Å². The van der Waals surface area contributed by atoms with Crippen molar-refractivity contribution < 1.29 is 14.3 Å². The van der Waals surface area contributed by atoms with Gasteiger partial charge in [-0.25, -0.2) is 9.78 Å². The molecular weight excluding hydrogens is 408 g/mol. The number of carbonyl (C=O) groups excluding carboxylic acids is 2. The number of rotatable bonds is 7. The lowest BCUT2D eigenvalue weighted by molar-refractivity contribution is -0.136. The maximum absolute atomic E-state index is 12.6. The van der Waals surface area contributed by atoms with Crippen molar-refractivity contribution in [2.75, 3.05) is 6.61 Å². The van der Waals surface area contributed by atoms with Gasteiger partial charge in [-0.2, -0.15) is 0 Å². The Morgan fingerprint density at radius 1 is 1.14 bits per heavy atom. The van der Waals surface area contributed by atoms with Gasteiger partial charge in [0.15, 0.2) is 12.3 Å². The SMILES string of the molecule is CC(C)N(Cc1ccccc1)C(=O)COC(=O)c1csc(-c2cccc(Cl)c2)n1. The van der Waals surface area contributed by atoms with Crippen molar-refractivity contribution in [1.82, 2.24) is 9.88 Å². The summed E-state index contributed by atoms with van der Waals surface area (Å²) in [7, 11) is 0. The molecule has 0 aliphatic carbocycles. The highest BCUT2D eigenvalue weighted by Crippen LogP contribution is 2.26. The first kappa shape index (κ1) is 21.0. The maximum Gasteiger partial charge on any atom is 0.358 e. The van der Waals surface area contributed by atoms with Gasteiger partial charge in [-0.15, -0.1) is 11.3 Å². The Balaban J connectivity index is 1.61. The second kappa shape index (κ2) is 9.67. The summed E-state index contributed by atoms with van der Waals surface area (Å²) in [6.45, 7) is 4.00. The van der Waals surface area contributed by atoms with E-state index >= 15 is 0 Å². The Morgan fingerprint density at radius 2 is 1.90 bits per heavy atom. The summed E-state index contributed by atoms with van der Waals surface area (Å²) in [5.41, 5.74) is 2.02. The number of thiazole rings is 1.